The van der Waals surface area contributed by atoms with Crippen LogP contribution in [0.25, 0.3) is 0 Å². The zero-order valence-electron chi connectivity index (χ0n) is 18.1. The largest absolute Gasteiger partial charge is 0.334 e. The SMILES string of the molecule is CN1C(=O)c2c3c(c(N=O)c(=O)n2C12CCCCC2)C(=O)N(Cc1ccc(F)c(Cl)c1)CC3. The van der Waals surface area contributed by atoms with Crippen molar-refractivity contribution in [2.45, 2.75) is 50.7 Å². The van der Waals surface area contributed by atoms with Crippen LogP contribution in [-0.2, 0) is 18.6 Å². The fourth-order valence-corrected chi connectivity index (χ4v) is 5.78. The van der Waals surface area contributed by atoms with Gasteiger partial charge in [-0.05, 0) is 60.5 Å². The molecular formula is C23H22ClFN4O4. The summed E-state index contributed by atoms with van der Waals surface area (Å²) in [7, 11) is 1.68. The molecule has 2 amide bonds. The number of amides is 2. The lowest BCUT2D eigenvalue weighted by molar-refractivity contribution is 0.0272. The molecule has 3 aliphatic rings. The Morgan fingerprint density at radius 1 is 1.12 bits per heavy atom. The second kappa shape index (κ2) is 7.76. The molecular weight excluding hydrogens is 451 g/mol. The molecule has 5 rings (SSSR count). The molecule has 1 spiro atoms. The molecule has 0 saturated heterocycles. The highest BCUT2D eigenvalue weighted by Crippen LogP contribution is 2.44. The maximum absolute atomic E-state index is 13.5. The molecule has 2 aliphatic heterocycles. The fraction of sp³-hybridized carbons (Fsp3) is 0.435. The average molecular weight is 473 g/mol. The number of hydrogen-bond acceptors (Lipinski definition) is 5. The van der Waals surface area contributed by atoms with Gasteiger partial charge < -0.3 is 9.80 Å². The Labute approximate surface area is 193 Å². The van der Waals surface area contributed by atoms with Crippen molar-refractivity contribution in [1.82, 2.24) is 14.4 Å². The van der Waals surface area contributed by atoms with Crippen LogP contribution in [0.4, 0.5) is 10.1 Å². The summed E-state index contributed by atoms with van der Waals surface area (Å²) in [5.41, 5.74) is -0.858. The van der Waals surface area contributed by atoms with Gasteiger partial charge in [0.05, 0.1) is 10.6 Å². The van der Waals surface area contributed by atoms with E-state index in [-0.39, 0.29) is 35.3 Å². The fourth-order valence-electron chi connectivity index (χ4n) is 5.58. The quantitative estimate of drug-likeness (QED) is 0.632. The summed E-state index contributed by atoms with van der Waals surface area (Å²) in [4.78, 5) is 55.1. The Kier molecular flexibility index (Phi) is 5.12. The smallest absolute Gasteiger partial charge is 0.283 e. The van der Waals surface area contributed by atoms with E-state index in [1.165, 1.54) is 27.7 Å². The van der Waals surface area contributed by atoms with Gasteiger partial charge in [0.1, 0.15) is 17.2 Å². The van der Waals surface area contributed by atoms with Crippen LogP contribution in [0.15, 0.2) is 28.2 Å². The van der Waals surface area contributed by atoms with Crippen molar-refractivity contribution in [2.75, 3.05) is 13.6 Å². The van der Waals surface area contributed by atoms with Crippen molar-refractivity contribution in [3.63, 3.8) is 0 Å². The first-order valence-electron chi connectivity index (χ1n) is 11.0. The minimum Gasteiger partial charge on any atom is -0.334 e. The van der Waals surface area contributed by atoms with E-state index in [4.69, 9.17) is 11.6 Å². The average Bonchev–Trinajstić information content (AvgIpc) is 3.01. The number of nitroso groups, excluding NO2 is 1. The molecule has 1 aliphatic carbocycles. The van der Waals surface area contributed by atoms with Crippen LogP contribution in [0.3, 0.4) is 0 Å². The second-order valence-corrected chi connectivity index (χ2v) is 9.32. The molecule has 1 aromatic heterocycles. The van der Waals surface area contributed by atoms with E-state index in [1.807, 2.05) is 0 Å². The zero-order valence-corrected chi connectivity index (χ0v) is 18.8. The van der Waals surface area contributed by atoms with Gasteiger partial charge in [0, 0.05) is 20.1 Å². The van der Waals surface area contributed by atoms with Gasteiger partial charge in [-0.3, -0.25) is 19.0 Å². The van der Waals surface area contributed by atoms with E-state index in [0.29, 0.717) is 30.4 Å². The summed E-state index contributed by atoms with van der Waals surface area (Å²) in [6.07, 6.45) is 4.26. The van der Waals surface area contributed by atoms with Crippen molar-refractivity contribution < 1.29 is 14.0 Å². The predicted octanol–water partition coefficient (Wildman–Crippen LogP) is 3.94. The zero-order chi connectivity index (χ0) is 23.5. The number of fused-ring (bicyclic) bond motifs is 4. The molecule has 0 atom stereocenters. The van der Waals surface area contributed by atoms with E-state index in [1.54, 1.807) is 11.9 Å². The van der Waals surface area contributed by atoms with Gasteiger partial charge in [0.25, 0.3) is 17.4 Å². The third-order valence-electron chi connectivity index (χ3n) is 7.24. The third-order valence-corrected chi connectivity index (χ3v) is 7.53. The Hall–Kier alpha value is -3.07. The lowest BCUT2D eigenvalue weighted by atomic mass is 9.87. The third kappa shape index (κ3) is 3.05. The molecule has 1 saturated carbocycles. The number of rotatable bonds is 3. The predicted molar refractivity (Wildman–Crippen MR) is 119 cm³/mol. The van der Waals surface area contributed by atoms with Crippen LogP contribution >= 0.6 is 11.6 Å². The first-order valence-corrected chi connectivity index (χ1v) is 11.3. The van der Waals surface area contributed by atoms with Gasteiger partial charge in [-0.25, -0.2) is 4.39 Å². The van der Waals surface area contributed by atoms with Crippen LogP contribution in [0.5, 0.6) is 0 Å². The Morgan fingerprint density at radius 2 is 1.85 bits per heavy atom. The number of nitrogens with zero attached hydrogens (tertiary/aromatic N) is 4. The van der Waals surface area contributed by atoms with Crippen LogP contribution in [0.2, 0.25) is 5.02 Å². The van der Waals surface area contributed by atoms with Gasteiger partial charge in [0.2, 0.25) is 0 Å². The molecule has 172 valence electrons. The minimum atomic E-state index is -0.818. The van der Waals surface area contributed by atoms with Gasteiger partial charge in [-0.15, -0.1) is 4.91 Å². The van der Waals surface area contributed by atoms with E-state index in [9.17, 15) is 23.7 Å². The van der Waals surface area contributed by atoms with Crippen molar-refractivity contribution in [2.24, 2.45) is 5.18 Å². The summed E-state index contributed by atoms with van der Waals surface area (Å²) in [5.74, 6) is -1.42. The summed E-state index contributed by atoms with van der Waals surface area (Å²) < 4.78 is 14.9. The van der Waals surface area contributed by atoms with Crippen LogP contribution in [-0.4, -0.2) is 39.8 Å². The topological polar surface area (TPSA) is 92.0 Å². The lowest BCUT2D eigenvalue weighted by Gasteiger charge is -2.40. The number of carbonyl (C=O) groups is 2. The van der Waals surface area contributed by atoms with Gasteiger partial charge >= 0.3 is 0 Å². The van der Waals surface area contributed by atoms with E-state index in [0.717, 1.165) is 19.3 Å². The molecule has 8 nitrogen and oxygen atoms in total. The van der Waals surface area contributed by atoms with Crippen LogP contribution in [0, 0.1) is 10.7 Å². The van der Waals surface area contributed by atoms with E-state index >= 15 is 0 Å². The molecule has 2 aromatic rings. The van der Waals surface area contributed by atoms with Crippen LogP contribution in [0.1, 0.15) is 64.1 Å². The number of halogens is 2. The number of pyridine rings is 1. The summed E-state index contributed by atoms with van der Waals surface area (Å²) in [6.45, 7) is 0.390. The number of benzene rings is 1. The lowest BCUT2D eigenvalue weighted by Crippen LogP contribution is -2.50. The van der Waals surface area contributed by atoms with Gasteiger partial charge in [-0.1, -0.05) is 24.1 Å². The second-order valence-electron chi connectivity index (χ2n) is 8.92. The number of carbonyl (C=O) groups excluding carboxylic acids is 2. The molecule has 0 bridgehead atoms. The standard InChI is InChI=1S/C23H22ClFN4O4/c1-27-22(32)19-14-7-10-28(12-13-5-6-16(25)15(24)11-13)20(30)17(14)18(26-33)21(31)29(19)23(27)8-3-2-4-9-23/h5-6,11H,2-4,7-10,12H2,1H3. The number of aromatic nitrogens is 1. The highest BCUT2D eigenvalue weighted by molar-refractivity contribution is 6.30. The molecule has 3 heterocycles. The van der Waals surface area contributed by atoms with Crippen molar-refractivity contribution in [3.8, 4) is 0 Å². The molecule has 1 fully saturated rings. The van der Waals surface area contributed by atoms with Crippen molar-refractivity contribution in [3.05, 3.63) is 66.7 Å². The van der Waals surface area contributed by atoms with E-state index < -0.39 is 28.6 Å². The highest BCUT2D eigenvalue weighted by atomic mass is 35.5. The van der Waals surface area contributed by atoms with E-state index in [2.05, 4.69) is 5.18 Å². The first-order chi connectivity index (χ1) is 15.8. The monoisotopic (exact) mass is 472 g/mol. The molecule has 0 N–H and O–H groups in total. The maximum Gasteiger partial charge on any atom is 0.283 e. The highest BCUT2D eigenvalue weighted by Gasteiger charge is 2.52. The summed E-state index contributed by atoms with van der Waals surface area (Å²) in [5, 5.41) is 2.92. The Balaban J connectivity index is 1.63. The van der Waals surface area contributed by atoms with Crippen molar-refractivity contribution in [1.29, 1.82) is 0 Å². The molecule has 10 heteroatoms. The summed E-state index contributed by atoms with van der Waals surface area (Å²) in [6, 6.07) is 4.17. The van der Waals surface area contributed by atoms with Gasteiger partial charge in [0.15, 0.2) is 5.69 Å². The molecule has 0 radical (unpaired) electrons. The van der Waals surface area contributed by atoms with Crippen molar-refractivity contribution >= 4 is 29.1 Å². The Morgan fingerprint density at radius 3 is 2.52 bits per heavy atom. The maximum atomic E-state index is 13.5. The molecule has 0 unspecified atom stereocenters. The normalized spacial score (nSPS) is 19.1. The minimum absolute atomic E-state index is 0.0601. The van der Waals surface area contributed by atoms with Gasteiger partial charge in [-0.2, -0.15) is 0 Å². The van der Waals surface area contributed by atoms with Crippen LogP contribution < -0.4 is 5.56 Å². The molecule has 1 aromatic carbocycles. The first kappa shape index (κ1) is 21.8. The number of hydrogen-bond donors (Lipinski definition) is 0. The molecule has 33 heavy (non-hydrogen) atoms. The summed E-state index contributed by atoms with van der Waals surface area (Å²) >= 11 is 5.86. The Bertz CT molecular complexity index is 1270.